The number of hydrogen-bond acceptors (Lipinski definition) is 5. The highest BCUT2D eigenvalue weighted by atomic mass is 16.5. The van der Waals surface area contributed by atoms with Crippen molar-refractivity contribution >= 4 is 11.9 Å². The highest BCUT2D eigenvalue weighted by molar-refractivity contribution is 5.88. The van der Waals surface area contributed by atoms with Crippen LogP contribution < -0.4 is 5.32 Å². The van der Waals surface area contributed by atoms with Crippen LogP contribution in [-0.2, 0) is 16.1 Å². The molecule has 1 atom stereocenters. The molecule has 110 valence electrons. The van der Waals surface area contributed by atoms with Gasteiger partial charge in [-0.15, -0.1) is 0 Å². The summed E-state index contributed by atoms with van der Waals surface area (Å²) in [4.78, 5) is 22.9. The van der Waals surface area contributed by atoms with Crippen LogP contribution in [0.4, 0.5) is 0 Å². The number of esters is 1. The van der Waals surface area contributed by atoms with Gasteiger partial charge in [0, 0.05) is 0 Å². The molecule has 2 aromatic rings. The third-order valence-electron chi connectivity index (χ3n) is 3.01. The number of furan rings is 1. The molecule has 0 radical (unpaired) electrons. The summed E-state index contributed by atoms with van der Waals surface area (Å²) in [6, 6.07) is 9.71. The number of ether oxygens (including phenoxy) is 1. The number of benzene rings is 1. The second-order valence-corrected chi connectivity index (χ2v) is 4.31. The number of carbonyl (C=O) groups is 2. The summed E-state index contributed by atoms with van der Waals surface area (Å²) in [7, 11) is 1.30. The van der Waals surface area contributed by atoms with Crippen molar-refractivity contribution in [2.45, 2.75) is 12.6 Å². The fraction of sp³-hybridized carbons (Fsp3) is 0.200. The Bertz CT molecular complexity index is 620. The van der Waals surface area contributed by atoms with Crippen molar-refractivity contribution in [2.24, 2.45) is 0 Å². The van der Waals surface area contributed by atoms with Crippen LogP contribution in [0.15, 0.2) is 47.1 Å². The molecular weight excluding hydrogens is 274 g/mol. The van der Waals surface area contributed by atoms with Crippen LogP contribution in [0.3, 0.4) is 0 Å². The van der Waals surface area contributed by atoms with Gasteiger partial charge in [-0.25, -0.2) is 9.59 Å². The third-order valence-corrected chi connectivity index (χ3v) is 3.01. The van der Waals surface area contributed by atoms with Gasteiger partial charge in [0.25, 0.3) is 0 Å². The first-order chi connectivity index (χ1) is 10.1. The Kier molecular flexibility index (Phi) is 4.73. The molecule has 0 amide bonds. The van der Waals surface area contributed by atoms with Gasteiger partial charge in [0.1, 0.15) is 17.4 Å². The van der Waals surface area contributed by atoms with Crippen LogP contribution in [0.5, 0.6) is 0 Å². The molecule has 6 heteroatoms. The molecular formula is C15H15NO5. The lowest BCUT2D eigenvalue weighted by Gasteiger charge is -2.16. The Morgan fingerprint density at radius 3 is 2.62 bits per heavy atom. The highest BCUT2D eigenvalue weighted by Crippen LogP contribution is 2.17. The normalized spacial score (nSPS) is 11.9. The van der Waals surface area contributed by atoms with E-state index >= 15 is 0 Å². The lowest BCUT2D eigenvalue weighted by molar-refractivity contribution is -0.143. The fourth-order valence-corrected chi connectivity index (χ4v) is 1.96. The number of hydrogen-bond donors (Lipinski definition) is 2. The molecule has 2 rings (SSSR count). The van der Waals surface area contributed by atoms with E-state index < -0.39 is 18.0 Å². The summed E-state index contributed by atoms with van der Waals surface area (Å²) in [5, 5.41) is 12.0. The molecule has 0 fully saturated rings. The van der Waals surface area contributed by atoms with Crippen LogP contribution in [0.1, 0.15) is 27.7 Å². The first-order valence-electron chi connectivity index (χ1n) is 6.29. The van der Waals surface area contributed by atoms with E-state index in [2.05, 4.69) is 5.32 Å². The van der Waals surface area contributed by atoms with E-state index in [4.69, 9.17) is 14.3 Å². The van der Waals surface area contributed by atoms with Crippen LogP contribution in [0.25, 0.3) is 0 Å². The SMILES string of the molecule is COC(=O)C(NCc1occc1C(=O)O)c1ccccc1. The van der Waals surface area contributed by atoms with Gasteiger partial charge in [-0.3, -0.25) is 5.32 Å². The summed E-state index contributed by atoms with van der Waals surface area (Å²) in [5.41, 5.74) is 0.798. The summed E-state index contributed by atoms with van der Waals surface area (Å²) in [5.74, 6) is -1.27. The zero-order chi connectivity index (χ0) is 15.2. The first-order valence-corrected chi connectivity index (χ1v) is 6.29. The first kappa shape index (κ1) is 14.8. The van der Waals surface area contributed by atoms with Gasteiger partial charge in [-0.05, 0) is 11.6 Å². The number of rotatable bonds is 6. The molecule has 0 aliphatic carbocycles. The molecule has 0 spiro atoms. The van der Waals surface area contributed by atoms with Crippen LogP contribution in [0.2, 0.25) is 0 Å². The molecule has 1 unspecified atom stereocenters. The number of carbonyl (C=O) groups excluding carboxylic acids is 1. The van der Waals surface area contributed by atoms with Crippen LogP contribution in [-0.4, -0.2) is 24.2 Å². The number of aromatic carboxylic acids is 1. The Morgan fingerprint density at radius 2 is 2.00 bits per heavy atom. The Labute approximate surface area is 121 Å². The predicted molar refractivity (Wildman–Crippen MR) is 73.7 cm³/mol. The maximum absolute atomic E-state index is 11.9. The zero-order valence-electron chi connectivity index (χ0n) is 11.4. The molecule has 0 saturated carbocycles. The topological polar surface area (TPSA) is 88.8 Å². The van der Waals surface area contributed by atoms with E-state index in [1.54, 1.807) is 12.1 Å². The monoisotopic (exact) mass is 289 g/mol. The number of carboxylic acid groups (broad SMARTS) is 1. The number of carboxylic acids is 1. The van der Waals surface area contributed by atoms with E-state index in [1.807, 2.05) is 18.2 Å². The van der Waals surface area contributed by atoms with Crippen molar-refractivity contribution in [3.63, 3.8) is 0 Å². The smallest absolute Gasteiger partial charge is 0.339 e. The predicted octanol–water partition coefficient (Wildman–Crippen LogP) is 1.98. The molecule has 1 aromatic carbocycles. The van der Waals surface area contributed by atoms with Gasteiger partial charge in [-0.1, -0.05) is 30.3 Å². The Morgan fingerprint density at radius 1 is 1.29 bits per heavy atom. The van der Waals surface area contributed by atoms with Gasteiger partial charge < -0.3 is 14.3 Å². The largest absolute Gasteiger partial charge is 0.478 e. The zero-order valence-corrected chi connectivity index (χ0v) is 11.4. The van der Waals surface area contributed by atoms with E-state index in [0.717, 1.165) is 5.56 Å². The van der Waals surface area contributed by atoms with E-state index in [1.165, 1.54) is 19.4 Å². The second-order valence-electron chi connectivity index (χ2n) is 4.31. The summed E-state index contributed by atoms with van der Waals surface area (Å²) in [6.07, 6.45) is 1.30. The van der Waals surface area contributed by atoms with Gasteiger partial charge in [0.2, 0.25) is 0 Å². The molecule has 1 heterocycles. The van der Waals surface area contributed by atoms with Crippen LogP contribution >= 0.6 is 0 Å². The van der Waals surface area contributed by atoms with Gasteiger partial charge >= 0.3 is 11.9 Å². The molecule has 2 N–H and O–H groups in total. The maximum Gasteiger partial charge on any atom is 0.339 e. The number of methoxy groups -OCH3 is 1. The van der Waals surface area contributed by atoms with Crippen molar-refractivity contribution in [3.8, 4) is 0 Å². The Balaban J connectivity index is 2.15. The fourth-order valence-electron chi connectivity index (χ4n) is 1.96. The van der Waals surface area contributed by atoms with Crippen molar-refractivity contribution in [1.82, 2.24) is 5.32 Å². The maximum atomic E-state index is 11.9. The summed E-state index contributed by atoms with van der Waals surface area (Å²) in [6.45, 7) is 0.100. The molecule has 0 aliphatic rings. The average Bonchev–Trinajstić information content (AvgIpc) is 2.97. The van der Waals surface area contributed by atoms with E-state index in [9.17, 15) is 9.59 Å². The van der Waals surface area contributed by atoms with Crippen molar-refractivity contribution < 1.29 is 23.8 Å². The summed E-state index contributed by atoms with van der Waals surface area (Å²) >= 11 is 0. The van der Waals surface area contributed by atoms with Gasteiger partial charge in [0.15, 0.2) is 0 Å². The number of nitrogens with one attached hydrogen (secondary N) is 1. The minimum Gasteiger partial charge on any atom is -0.478 e. The van der Waals surface area contributed by atoms with Gasteiger partial charge in [-0.2, -0.15) is 0 Å². The average molecular weight is 289 g/mol. The minimum atomic E-state index is -1.07. The standard InChI is InChI=1S/C15H15NO5/c1-20-15(19)13(10-5-3-2-4-6-10)16-9-12-11(14(17)18)7-8-21-12/h2-8,13,16H,9H2,1H3,(H,17,18). The Hall–Kier alpha value is -2.60. The molecule has 0 bridgehead atoms. The molecule has 0 saturated heterocycles. The summed E-state index contributed by atoms with van der Waals surface area (Å²) < 4.78 is 9.90. The lowest BCUT2D eigenvalue weighted by atomic mass is 10.1. The quantitative estimate of drug-likeness (QED) is 0.790. The molecule has 0 aliphatic heterocycles. The van der Waals surface area contributed by atoms with Crippen molar-refractivity contribution in [2.75, 3.05) is 7.11 Å². The minimum absolute atomic E-state index is 0.0687. The van der Waals surface area contributed by atoms with Crippen molar-refractivity contribution in [3.05, 3.63) is 59.5 Å². The lowest BCUT2D eigenvalue weighted by Crippen LogP contribution is -2.29. The molecule has 1 aromatic heterocycles. The van der Waals surface area contributed by atoms with Crippen molar-refractivity contribution in [1.29, 1.82) is 0 Å². The van der Waals surface area contributed by atoms with Crippen LogP contribution in [0, 0.1) is 0 Å². The van der Waals surface area contributed by atoms with E-state index in [-0.39, 0.29) is 17.9 Å². The third kappa shape index (κ3) is 3.49. The van der Waals surface area contributed by atoms with E-state index in [0.29, 0.717) is 0 Å². The second kappa shape index (κ2) is 6.71. The van der Waals surface area contributed by atoms with Gasteiger partial charge in [0.05, 0.1) is 19.9 Å². The molecule has 21 heavy (non-hydrogen) atoms. The molecule has 6 nitrogen and oxygen atoms in total. The highest BCUT2D eigenvalue weighted by Gasteiger charge is 2.22.